The Morgan fingerprint density at radius 1 is 1.40 bits per heavy atom. The molecule has 0 saturated heterocycles. The lowest BCUT2D eigenvalue weighted by atomic mass is 10.1. The summed E-state index contributed by atoms with van der Waals surface area (Å²) in [5.41, 5.74) is 0.926. The topological polar surface area (TPSA) is 26.3 Å². The normalized spacial score (nSPS) is 10.5. The zero-order valence-corrected chi connectivity index (χ0v) is 11.8. The van der Waals surface area contributed by atoms with E-state index in [0.29, 0.717) is 0 Å². The van der Waals surface area contributed by atoms with Crippen LogP contribution in [0.25, 0.3) is 0 Å². The van der Waals surface area contributed by atoms with Gasteiger partial charge in [0.05, 0.1) is 12.5 Å². The number of rotatable bonds is 3. The summed E-state index contributed by atoms with van der Waals surface area (Å²) in [4.78, 5) is 11.4. The van der Waals surface area contributed by atoms with Crippen LogP contribution in [0.3, 0.4) is 0 Å². The van der Waals surface area contributed by atoms with Gasteiger partial charge in [-0.15, -0.1) is 0 Å². The van der Waals surface area contributed by atoms with Gasteiger partial charge in [0.15, 0.2) is 0 Å². The Morgan fingerprint density at radius 3 is 2.67 bits per heavy atom. The number of benzene rings is 1. The first-order chi connectivity index (χ1) is 7.00. The van der Waals surface area contributed by atoms with Gasteiger partial charge in [-0.25, -0.2) is 0 Å². The summed E-state index contributed by atoms with van der Waals surface area (Å²) < 4.78 is 6.92. The van der Waals surface area contributed by atoms with Crippen LogP contribution >= 0.6 is 31.9 Å². The minimum atomic E-state index is -0.205. The van der Waals surface area contributed by atoms with Crippen LogP contribution in [0.4, 0.5) is 0 Å². The first kappa shape index (κ1) is 12.7. The highest BCUT2D eigenvalue weighted by atomic mass is 79.9. The van der Waals surface area contributed by atoms with E-state index >= 15 is 0 Å². The molecule has 0 radical (unpaired) electrons. The van der Waals surface area contributed by atoms with Gasteiger partial charge in [-0.1, -0.05) is 12.1 Å². The Balaban J connectivity index is 2.73. The largest absolute Gasteiger partial charge is 0.463 e. The highest BCUT2D eigenvalue weighted by Gasteiger charge is 2.10. The van der Waals surface area contributed by atoms with E-state index in [2.05, 4.69) is 31.9 Å². The van der Waals surface area contributed by atoms with Gasteiger partial charge in [0, 0.05) is 8.95 Å². The smallest absolute Gasteiger partial charge is 0.310 e. The third-order valence-electron chi connectivity index (χ3n) is 1.73. The first-order valence-corrected chi connectivity index (χ1v) is 6.21. The number of hydrogen-bond acceptors (Lipinski definition) is 2. The Kier molecular flexibility index (Phi) is 4.80. The third kappa shape index (κ3) is 3.95. The molecular weight excluding hydrogens is 324 g/mol. The second-order valence-corrected chi connectivity index (χ2v) is 5.08. The predicted octanol–water partition coefficient (Wildman–Crippen LogP) is 3.71. The minimum Gasteiger partial charge on any atom is -0.463 e. The molecule has 0 N–H and O–H groups in total. The number of carbonyl (C=O) groups excluding carboxylic acids is 1. The summed E-state index contributed by atoms with van der Waals surface area (Å²) in [5, 5.41) is 0. The lowest BCUT2D eigenvalue weighted by Gasteiger charge is -2.09. The molecule has 0 aliphatic heterocycles. The van der Waals surface area contributed by atoms with Crippen molar-refractivity contribution in [1.82, 2.24) is 0 Å². The van der Waals surface area contributed by atoms with E-state index in [1.54, 1.807) is 0 Å². The van der Waals surface area contributed by atoms with E-state index in [1.165, 1.54) is 0 Å². The molecule has 1 aromatic carbocycles. The Hall–Kier alpha value is -0.350. The van der Waals surface area contributed by atoms with Gasteiger partial charge in [0.25, 0.3) is 0 Å². The fourth-order valence-electron chi connectivity index (χ4n) is 1.15. The lowest BCUT2D eigenvalue weighted by Crippen LogP contribution is -2.13. The molecule has 0 heterocycles. The number of ether oxygens (including phenoxy) is 1. The van der Waals surface area contributed by atoms with Crippen molar-refractivity contribution in [2.75, 3.05) is 0 Å². The van der Waals surface area contributed by atoms with Crippen molar-refractivity contribution in [2.24, 2.45) is 0 Å². The monoisotopic (exact) mass is 334 g/mol. The SMILES string of the molecule is CC(C)OC(=O)Cc1cccc(Br)c1Br. The molecule has 1 aromatic rings. The third-order valence-corrected chi connectivity index (χ3v) is 3.86. The van der Waals surface area contributed by atoms with Crippen molar-refractivity contribution in [3.8, 4) is 0 Å². The van der Waals surface area contributed by atoms with E-state index in [-0.39, 0.29) is 18.5 Å². The Bertz CT molecular complexity index is 362. The minimum absolute atomic E-state index is 0.0663. The molecule has 2 nitrogen and oxygen atoms in total. The zero-order valence-electron chi connectivity index (χ0n) is 8.59. The van der Waals surface area contributed by atoms with Gasteiger partial charge >= 0.3 is 5.97 Å². The summed E-state index contributed by atoms with van der Waals surface area (Å²) in [5.74, 6) is -0.205. The molecule has 15 heavy (non-hydrogen) atoms. The van der Waals surface area contributed by atoms with Crippen molar-refractivity contribution in [3.05, 3.63) is 32.7 Å². The standard InChI is InChI=1S/C11H12Br2O2/c1-7(2)15-10(14)6-8-4-3-5-9(12)11(8)13/h3-5,7H,6H2,1-2H3. The molecule has 0 amide bonds. The number of hydrogen-bond donors (Lipinski definition) is 0. The molecule has 0 atom stereocenters. The molecule has 0 unspecified atom stereocenters. The van der Waals surface area contributed by atoms with E-state index in [4.69, 9.17) is 4.74 Å². The van der Waals surface area contributed by atoms with Gasteiger partial charge in [-0.2, -0.15) is 0 Å². The highest BCUT2D eigenvalue weighted by molar-refractivity contribution is 9.13. The van der Waals surface area contributed by atoms with Crippen LogP contribution in [0.2, 0.25) is 0 Å². The fraction of sp³-hybridized carbons (Fsp3) is 0.364. The van der Waals surface area contributed by atoms with Gasteiger partial charge in [0.1, 0.15) is 0 Å². The highest BCUT2D eigenvalue weighted by Crippen LogP contribution is 2.27. The zero-order chi connectivity index (χ0) is 11.4. The molecule has 0 bridgehead atoms. The molecule has 82 valence electrons. The molecule has 4 heteroatoms. The first-order valence-electron chi connectivity index (χ1n) is 4.63. The quantitative estimate of drug-likeness (QED) is 0.787. The van der Waals surface area contributed by atoms with Gasteiger partial charge in [0.2, 0.25) is 0 Å². The second-order valence-electron chi connectivity index (χ2n) is 3.43. The van der Waals surface area contributed by atoms with Crippen LogP contribution in [0.15, 0.2) is 27.1 Å². The van der Waals surface area contributed by atoms with Crippen LogP contribution in [-0.4, -0.2) is 12.1 Å². The molecule has 0 spiro atoms. The van der Waals surface area contributed by atoms with Gasteiger partial charge in [-0.3, -0.25) is 4.79 Å². The van der Waals surface area contributed by atoms with Crippen LogP contribution in [0.5, 0.6) is 0 Å². The average Bonchev–Trinajstić information content (AvgIpc) is 2.11. The van der Waals surface area contributed by atoms with Crippen LogP contribution in [0.1, 0.15) is 19.4 Å². The van der Waals surface area contributed by atoms with Crippen molar-refractivity contribution in [2.45, 2.75) is 26.4 Å². The fourth-order valence-corrected chi connectivity index (χ4v) is 1.96. The van der Waals surface area contributed by atoms with Crippen molar-refractivity contribution >= 4 is 37.8 Å². The molecule has 0 aliphatic rings. The van der Waals surface area contributed by atoms with Crippen molar-refractivity contribution < 1.29 is 9.53 Å². The Morgan fingerprint density at radius 2 is 2.07 bits per heavy atom. The molecule has 0 aliphatic carbocycles. The molecule has 1 rings (SSSR count). The lowest BCUT2D eigenvalue weighted by molar-refractivity contribution is -0.146. The maximum atomic E-state index is 11.4. The molecule has 0 aromatic heterocycles. The van der Waals surface area contributed by atoms with Crippen molar-refractivity contribution in [1.29, 1.82) is 0 Å². The Labute approximate surface area is 106 Å². The number of esters is 1. The van der Waals surface area contributed by atoms with E-state index in [0.717, 1.165) is 14.5 Å². The van der Waals surface area contributed by atoms with Gasteiger partial charge < -0.3 is 4.74 Å². The molecular formula is C11H12Br2O2. The molecule has 0 saturated carbocycles. The summed E-state index contributed by atoms with van der Waals surface area (Å²) >= 11 is 6.81. The maximum absolute atomic E-state index is 11.4. The summed E-state index contributed by atoms with van der Waals surface area (Å²) in [6.45, 7) is 3.68. The summed E-state index contributed by atoms with van der Waals surface area (Å²) in [6.07, 6.45) is 0.224. The van der Waals surface area contributed by atoms with Crippen LogP contribution in [-0.2, 0) is 16.0 Å². The second kappa shape index (κ2) is 5.66. The van der Waals surface area contributed by atoms with E-state index in [1.807, 2.05) is 32.0 Å². The summed E-state index contributed by atoms with van der Waals surface area (Å²) in [7, 11) is 0. The average molecular weight is 336 g/mol. The predicted molar refractivity (Wildman–Crippen MR) is 66.8 cm³/mol. The number of carbonyl (C=O) groups is 1. The maximum Gasteiger partial charge on any atom is 0.310 e. The van der Waals surface area contributed by atoms with E-state index in [9.17, 15) is 4.79 Å². The number of halogens is 2. The van der Waals surface area contributed by atoms with Crippen LogP contribution < -0.4 is 0 Å². The van der Waals surface area contributed by atoms with Crippen LogP contribution in [0, 0.1) is 0 Å². The van der Waals surface area contributed by atoms with E-state index < -0.39 is 0 Å². The molecule has 0 fully saturated rings. The van der Waals surface area contributed by atoms with Crippen molar-refractivity contribution in [3.63, 3.8) is 0 Å². The summed E-state index contributed by atoms with van der Waals surface area (Å²) in [6, 6.07) is 5.71. The van der Waals surface area contributed by atoms with Gasteiger partial charge in [-0.05, 0) is 57.3 Å².